The lowest BCUT2D eigenvalue weighted by Crippen LogP contribution is -2.33. The minimum Gasteiger partial charge on any atom is -0.426 e. The summed E-state index contributed by atoms with van der Waals surface area (Å²) in [7, 11) is 0. The van der Waals surface area contributed by atoms with Crippen molar-refractivity contribution in [2.45, 2.75) is 45.6 Å². The van der Waals surface area contributed by atoms with Crippen LogP contribution in [0.3, 0.4) is 0 Å². The first-order valence-corrected chi connectivity index (χ1v) is 7.87. The SMILES string of the molecule is Cc1ccc(F)c(C(=O)N[C@H]2CC[C@@H](Cc3nnc(C)o3)C2)c1. The molecule has 0 aliphatic heterocycles. The quantitative estimate of drug-likeness (QED) is 0.941. The van der Waals surface area contributed by atoms with Crippen LogP contribution in [0, 0.1) is 25.6 Å². The van der Waals surface area contributed by atoms with Crippen LogP contribution in [-0.2, 0) is 6.42 Å². The molecule has 6 heteroatoms. The van der Waals surface area contributed by atoms with Crippen LogP contribution in [0.15, 0.2) is 22.6 Å². The molecule has 1 N–H and O–H groups in total. The van der Waals surface area contributed by atoms with E-state index in [0.29, 0.717) is 17.7 Å². The van der Waals surface area contributed by atoms with Crippen molar-refractivity contribution in [2.24, 2.45) is 5.92 Å². The summed E-state index contributed by atoms with van der Waals surface area (Å²) in [6.45, 7) is 3.61. The summed E-state index contributed by atoms with van der Waals surface area (Å²) >= 11 is 0. The number of hydrogen-bond donors (Lipinski definition) is 1. The van der Waals surface area contributed by atoms with Crippen molar-refractivity contribution in [1.29, 1.82) is 0 Å². The Hall–Kier alpha value is -2.24. The van der Waals surface area contributed by atoms with E-state index >= 15 is 0 Å². The van der Waals surface area contributed by atoms with E-state index in [9.17, 15) is 9.18 Å². The van der Waals surface area contributed by atoms with Crippen LogP contribution < -0.4 is 5.32 Å². The first kappa shape index (κ1) is 15.6. The molecule has 122 valence electrons. The van der Waals surface area contributed by atoms with Crippen LogP contribution in [0.2, 0.25) is 0 Å². The third-order valence-electron chi connectivity index (χ3n) is 4.27. The predicted molar refractivity (Wildman–Crippen MR) is 82.5 cm³/mol. The number of nitrogens with zero attached hydrogens (tertiary/aromatic N) is 2. The molecule has 1 fully saturated rings. The van der Waals surface area contributed by atoms with Crippen molar-refractivity contribution in [3.05, 3.63) is 46.9 Å². The molecule has 1 aromatic carbocycles. The highest BCUT2D eigenvalue weighted by Gasteiger charge is 2.28. The number of carbonyl (C=O) groups excluding carboxylic acids is 1. The molecule has 1 amide bonds. The minimum atomic E-state index is -0.482. The highest BCUT2D eigenvalue weighted by Crippen LogP contribution is 2.28. The van der Waals surface area contributed by atoms with Gasteiger partial charge in [-0.2, -0.15) is 0 Å². The zero-order valence-corrected chi connectivity index (χ0v) is 13.3. The van der Waals surface area contributed by atoms with E-state index < -0.39 is 5.82 Å². The minimum absolute atomic E-state index is 0.0661. The molecule has 0 saturated heterocycles. The molecule has 0 unspecified atom stereocenters. The van der Waals surface area contributed by atoms with Crippen molar-refractivity contribution in [3.63, 3.8) is 0 Å². The van der Waals surface area contributed by atoms with E-state index in [1.165, 1.54) is 6.07 Å². The highest BCUT2D eigenvalue weighted by molar-refractivity contribution is 5.94. The third kappa shape index (κ3) is 3.75. The molecule has 0 spiro atoms. The molecule has 1 aliphatic carbocycles. The Morgan fingerprint density at radius 1 is 1.35 bits per heavy atom. The molecule has 1 saturated carbocycles. The zero-order valence-electron chi connectivity index (χ0n) is 13.3. The Balaban J connectivity index is 1.57. The van der Waals surface area contributed by atoms with Gasteiger partial charge in [0.1, 0.15) is 5.82 Å². The molecule has 23 heavy (non-hydrogen) atoms. The van der Waals surface area contributed by atoms with E-state index in [-0.39, 0.29) is 17.5 Å². The number of rotatable bonds is 4. The van der Waals surface area contributed by atoms with Crippen LogP contribution in [-0.4, -0.2) is 22.1 Å². The van der Waals surface area contributed by atoms with Gasteiger partial charge in [0.05, 0.1) is 5.56 Å². The number of aromatic nitrogens is 2. The normalized spacial score (nSPS) is 20.7. The molecule has 5 nitrogen and oxygen atoms in total. The summed E-state index contributed by atoms with van der Waals surface area (Å²) in [5.41, 5.74) is 0.980. The van der Waals surface area contributed by atoms with E-state index in [1.54, 1.807) is 19.1 Å². The van der Waals surface area contributed by atoms with E-state index in [1.807, 2.05) is 6.92 Å². The Kier molecular flexibility index (Phi) is 4.41. The van der Waals surface area contributed by atoms with Gasteiger partial charge in [0.15, 0.2) is 0 Å². The summed E-state index contributed by atoms with van der Waals surface area (Å²) in [6, 6.07) is 4.64. The van der Waals surface area contributed by atoms with Crippen LogP contribution in [0.1, 0.15) is 47.0 Å². The number of halogens is 1. The van der Waals surface area contributed by atoms with Gasteiger partial charge in [-0.05, 0) is 44.2 Å². The molecule has 1 heterocycles. The maximum absolute atomic E-state index is 13.8. The van der Waals surface area contributed by atoms with Crippen molar-refractivity contribution in [1.82, 2.24) is 15.5 Å². The van der Waals surface area contributed by atoms with Gasteiger partial charge < -0.3 is 9.73 Å². The van der Waals surface area contributed by atoms with Crippen molar-refractivity contribution < 1.29 is 13.6 Å². The fourth-order valence-electron chi connectivity index (χ4n) is 3.13. The predicted octanol–water partition coefficient (Wildman–Crippen LogP) is 2.97. The van der Waals surface area contributed by atoms with E-state index in [4.69, 9.17) is 4.42 Å². The topological polar surface area (TPSA) is 68.0 Å². The molecule has 3 rings (SSSR count). The number of amides is 1. The Bertz CT molecular complexity index is 714. The molecule has 0 bridgehead atoms. The standard InChI is InChI=1S/C17H20FN3O2/c1-10-3-6-15(18)14(7-10)17(22)19-13-5-4-12(8-13)9-16-21-20-11(2)23-16/h3,6-7,12-13H,4-5,8-9H2,1-2H3,(H,19,22)/t12-,13+/m1/s1. The molecule has 1 aliphatic rings. The average Bonchev–Trinajstić information content (AvgIpc) is 3.11. The molecular formula is C17H20FN3O2. The van der Waals surface area contributed by atoms with Crippen molar-refractivity contribution >= 4 is 5.91 Å². The smallest absolute Gasteiger partial charge is 0.254 e. The fraction of sp³-hybridized carbons (Fsp3) is 0.471. The van der Waals surface area contributed by atoms with Gasteiger partial charge in [0.2, 0.25) is 11.8 Å². The summed E-state index contributed by atoms with van der Waals surface area (Å²) < 4.78 is 19.2. The lowest BCUT2D eigenvalue weighted by molar-refractivity contribution is 0.0933. The summed E-state index contributed by atoms with van der Waals surface area (Å²) in [4.78, 5) is 12.3. The van der Waals surface area contributed by atoms with Gasteiger partial charge in [0.25, 0.3) is 5.91 Å². The second kappa shape index (κ2) is 6.48. The largest absolute Gasteiger partial charge is 0.426 e. The summed E-state index contributed by atoms with van der Waals surface area (Å²) in [5, 5.41) is 10.8. The Labute approximate surface area is 134 Å². The first-order chi connectivity index (χ1) is 11.0. The van der Waals surface area contributed by atoms with Crippen molar-refractivity contribution in [2.75, 3.05) is 0 Å². The van der Waals surface area contributed by atoms with Gasteiger partial charge in [-0.15, -0.1) is 10.2 Å². The number of carbonyl (C=O) groups is 1. The second-order valence-corrected chi connectivity index (χ2v) is 6.25. The first-order valence-electron chi connectivity index (χ1n) is 7.87. The number of aryl methyl sites for hydroxylation is 2. The fourth-order valence-corrected chi connectivity index (χ4v) is 3.13. The second-order valence-electron chi connectivity index (χ2n) is 6.25. The van der Waals surface area contributed by atoms with Gasteiger partial charge in [-0.25, -0.2) is 4.39 Å². The monoisotopic (exact) mass is 317 g/mol. The summed E-state index contributed by atoms with van der Waals surface area (Å²) in [6.07, 6.45) is 3.45. The lowest BCUT2D eigenvalue weighted by atomic mass is 10.0. The average molecular weight is 317 g/mol. The van der Waals surface area contributed by atoms with Crippen LogP contribution in [0.25, 0.3) is 0 Å². The number of nitrogens with one attached hydrogen (secondary N) is 1. The summed E-state index contributed by atoms with van der Waals surface area (Å²) in [5.74, 6) is 0.791. The number of hydrogen-bond acceptors (Lipinski definition) is 4. The Morgan fingerprint density at radius 3 is 2.91 bits per heavy atom. The lowest BCUT2D eigenvalue weighted by Gasteiger charge is -2.13. The van der Waals surface area contributed by atoms with Crippen LogP contribution in [0.4, 0.5) is 4.39 Å². The van der Waals surface area contributed by atoms with Crippen molar-refractivity contribution in [3.8, 4) is 0 Å². The number of benzene rings is 1. The molecule has 0 radical (unpaired) electrons. The van der Waals surface area contributed by atoms with E-state index in [0.717, 1.165) is 31.2 Å². The van der Waals surface area contributed by atoms with Crippen LogP contribution >= 0.6 is 0 Å². The van der Waals surface area contributed by atoms with Gasteiger partial charge in [0, 0.05) is 19.4 Å². The molecule has 1 aromatic heterocycles. The molecule has 2 atom stereocenters. The van der Waals surface area contributed by atoms with Gasteiger partial charge in [-0.3, -0.25) is 4.79 Å². The highest BCUT2D eigenvalue weighted by atomic mass is 19.1. The molecule has 2 aromatic rings. The van der Waals surface area contributed by atoms with E-state index in [2.05, 4.69) is 15.5 Å². The van der Waals surface area contributed by atoms with Gasteiger partial charge in [-0.1, -0.05) is 11.6 Å². The molecular weight excluding hydrogens is 297 g/mol. The zero-order chi connectivity index (χ0) is 16.4. The third-order valence-corrected chi connectivity index (χ3v) is 4.27. The van der Waals surface area contributed by atoms with Gasteiger partial charge >= 0.3 is 0 Å². The Morgan fingerprint density at radius 2 is 2.17 bits per heavy atom. The maximum Gasteiger partial charge on any atom is 0.254 e. The van der Waals surface area contributed by atoms with Crippen LogP contribution in [0.5, 0.6) is 0 Å². The maximum atomic E-state index is 13.8.